The van der Waals surface area contributed by atoms with Crippen LogP contribution in [-0.2, 0) is 18.5 Å². The molecule has 1 aromatic carbocycles. The van der Waals surface area contributed by atoms with Gasteiger partial charge in [0.25, 0.3) is 12.3 Å². The van der Waals surface area contributed by atoms with E-state index in [1.54, 1.807) is 0 Å². The highest BCUT2D eigenvalue weighted by atomic mass is 35.5. The van der Waals surface area contributed by atoms with Crippen LogP contribution in [0, 0.1) is 0 Å². The number of nitrogens with zero attached hydrogens (tertiary/aromatic N) is 3. The van der Waals surface area contributed by atoms with Crippen LogP contribution in [0.25, 0.3) is 0 Å². The molecule has 0 aliphatic heterocycles. The van der Waals surface area contributed by atoms with E-state index >= 15 is 0 Å². The molecule has 1 N–H and O–H groups in total. The molecule has 31 heavy (non-hydrogen) atoms. The highest BCUT2D eigenvalue weighted by Gasteiger charge is 2.31. The Labute approximate surface area is 182 Å². The smallest absolute Gasteiger partial charge is 0.406 e. The molecule has 0 spiro atoms. The summed E-state index contributed by atoms with van der Waals surface area (Å²) in [5.41, 5.74) is -0.773. The van der Waals surface area contributed by atoms with Crippen LogP contribution in [0.3, 0.4) is 0 Å². The molecule has 1 heterocycles. The van der Waals surface area contributed by atoms with E-state index in [0.29, 0.717) is 0 Å². The van der Waals surface area contributed by atoms with Gasteiger partial charge in [-0.2, -0.15) is 5.10 Å². The van der Waals surface area contributed by atoms with E-state index in [2.05, 4.69) is 20.3 Å². The van der Waals surface area contributed by atoms with Crippen LogP contribution in [0.15, 0.2) is 23.5 Å². The zero-order valence-electron chi connectivity index (χ0n) is 15.9. The molecule has 0 aliphatic carbocycles. The van der Waals surface area contributed by atoms with Gasteiger partial charge in [-0.15, -0.1) is 13.2 Å². The second-order valence-corrected chi connectivity index (χ2v) is 6.92. The Kier molecular flexibility index (Phi) is 8.07. The number of oxime groups is 1. The number of hydrogen-bond acceptors (Lipinski definition) is 5. The third-order valence-corrected chi connectivity index (χ3v) is 4.26. The molecule has 14 heteroatoms. The van der Waals surface area contributed by atoms with E-state index in [4.69, 9.17) is 28.0 Å². The molecule has 2 aromatic rings. The number of alkyl halides is 5. The van der Waals surface area contributed by atoms with Crippen LogP contribution in [0.5, 0.6) is 5.75 Å². The van der Waals surface area contributed by atoms with Gasteiger partial charge >= 0.3 is 6.36 Å². The fourth-order valence-corrected chi connectivity index (χ4v) is 2.89. The van der Waals surface area contributed by atoms with E-state index in [9.17, 15) is 26.7 Å². The summed E-state index contributed by atoms with van der Waals surface area (Å²) in [5.74, 6) is -1.38. The first-order valence-corrected chi connectivity index (χ1v) is 9.14. The summed E-state index contributed by atoms with van der Waals surface area (Å²) in [6.45, 7) is 1.21. The maximum absolute atomic E-state index is 12.9. The largest absolute Gasteiger partial charge is 0.573 e. The molecule has 1 amide bonds. The van der Waals surface area contributed by atoms with Crippen molar-refractivity contribution in [1.82, 2.24) is 15.1 Å². The third-order valence-electron chi connectivity index (χ3n) is 3.58. The summed E-state index contributed by atoms with van der Waals surface area (Å²) in [5, 5.41) is 9.29. The van der Waals surface area contributed by atoms with E-state index in [-0.39, 0.29) is 27.8 Å². The summed E-state index contributed by atoms with van der Waals surface area (Å²) in [4.78, 5) is 17.1. The predicted octanol–water partition coefficient (Wildman–Crippen LogP) is 4.88. The number of halogens is 7. The maximum Gasteiger partial charge on any atom is 0.573 e. The molecule has 0 bridgehead atoms. The first-order valence-electron chi connectivity index (χ1n) is 8.39. The molecular formula is C17H15Cl2F5N4O3. The molecule has 1 atom stereocenters. The summed E-state index contributed by atoms with van der Waals surface area (Å²) in [7, 11) is 1.40. The van der Waals surface area contributed by atoms with Gasteiger partial charge in [0.1, 0.15) is 18.1 Å². The average Bonchev–Trinajstić information content (AvgIpc) is 3.01. The lowest BCUT2D eigenvalue weighted by molar-refractivity contribution is -0.274. The molecule has 7 nitrogen and oxygen atoms in total. The minimum atomic E-state index is -4.90. The average molecular weight is 489 g/mol. The van der Waals surface area contributed by atoms with Crippen LogP contribution in [0.4, 0.5) is 22.0 Å². The van der Waals surface area contributed by atoms with Crippen molar-refractivity contribution in [1.29, 1.82) is 0 Å². The fraction of sp³-hybridized carbons (Fsp3) is 0.353. The van der Waals surface area contributed by atoms with Crippen molar-refractivity contribution in [3.8, 4) is 5.75 Å². The number of amides is 1. The molecule has 0 radical (unpaired) electrons. The van der Waals surface area contributed by atoms with Crippen LogP contribution in [0.2, 0.25) is 10.0 Å². The van der Waals surface area contributed by atoms with Crippen molar-refractivity contribution in [3.63, 3.8) is 0 Å². The minimum absolute atomic E-state index is 0.139. The Bertz CT molecular complexity index is 943. The van der Waals surface area contributed by atoms with Crippen LogP contribution >= 0.6 is 23.2 Å². The highest BCUT2D eigenvalue weighted by molar-refractivity contribution is 6.36. The monoisotopic (exact) mass is 488 g/mol. The number of hydrogen-bond donors (Lipinski definition) is 1. The van der Waals surface area contributed by atoms with Gasteiger partial charge in [-0.05, 0) is 19.1 Å². The fourth-order valence-electron chi connectivity index (χ4n) is 2.31. The highest BCUT2D eigenvalue weighted by Crippen LogP contribution is 2.33. The first kappa shape index (κ1) is 24.7. The van der Waals surface area contributed by atoms with E-state index in [1.165, 1.54) is 20.2 Å². The third kappa shape index (κ3) is 7.24. The number of aromatic nitrogens is 2. The van der Waals surface area contributed by atoms with Crippen molar-refractivity contribution < 1.29 is 36.3 Å². The van der Waals surface area contributed by atoms with Gasteiger partial charge in [0.15, 0.2) is 0 Å². The first-order chi connectivity index (χ1) is 14.4. The van der Waals surface area contributed by atoms with Crippen molar-refractivity contribution in [2.45, 2.75) is 32.4 Å². The van der Waals surface area contributed by atoms with Crippen LogP contribution in [0.1, 0.15) is 35.0 Å². The number of rotatable bonds is 8. The van der Waals surface area contributed by atoms with E-state index in [1.807, 2.05) is 0 Å². The van der Waals surface area contributed by atoms with Gasteiger partial charge in [0, 0.05) is 18.8 Å². The summed E-state index contributed by atoms with van der Waals surface area (Å²) in [6.07, 6.45) is -5.50. The SMILES string of the molecule is CC(/C=N/OCc1c(Cl)cc(OC(F)(F)F)cc1Cl)NC(=O)c1cn(C)nc1C(F)F. The number of carbonyl (C=O) groups is 1. The van der Waals surface area contributed by atoms with Gasteiger partial charge < -0.3 is 14.9 Å². The van der Waals surface area contributed by atoms with E-state index in [0.717, 1.165) is 23.0 Å². The number of ether oxygens (including phenoxy) is 1. The second kappa shape index (κ2) is 10.1. The van der Waals surface area contributed by atoms with Gasteiger partial charge in [0.2, 0.25) is 0 Å². The van der Waals surface area contributed by atoms with Gasteiger partial charge in [-0.3, -0.25) is 9.48 Å². The zero-order chi connectivity index (χ0) is 23.3. The predicted molar refractivity (Wildman–Crippen MR) is 102 cm³/mol. The molecule has 0 saturated heterocycles. The lowest BCUT2D eigenvalue weighted by Gasteiger charge is -2.12. The quantitative estimate of drug-likeness (QED) is 0.326. The maximum atomic E-state index is 12.9. The standard InChI is InChI=1S/C17H15Cl2F5N4O3/c1-8(26-16(29)10-6-28(2)27-14(10)15(20)21)5-25-30-7-11-12(18)3-9(4-13(11)19)31-17(22,23)24/h3-6,8,15H,7H2,1-2H3,(H,26,29)/b25-5+. The molecule has 2 rings (SSSR count). The van der Waals surface area contributed by atoms with Gasteiger partial charge in [-0.1, -0.05) is 28.4 Å². The van der Waals surface area contributed by atoms with Crippen LogP contribution in [-0.4, -0.2) is 34.3 Å². The molecule has 0 saturated carbocycles. The van der Waals surface area contributed by atoms with E-state index < -0.39 is 36.2 Å². The lowest BCUT2D eigenvalue weighted by atomic mass is 10.2. The lowest BCUT2D eigenvalue weighted by Crippen LogP contribution is -2.34. The Morgan fingerprint density at radius 1 is 1.32 bits per heavy atom. The second-order valence-electron chi connectivity index (χ2n) is 6.11. The van der Waals surface area contributed by atoms with Gasteiger partial charge in [0.05, 0.1) is 27.9 Å². The molecule has 1 aromatic heterocycles. The Morgan fingerprint density at radius 3 is 2.48 bits per heavy atom. The Morgan fingerprint density at radius 2 is 1.94 bits per heavy atom. The Balaban J connectivity index is 1.94. The number of nitrogens with one attached hydrogen (secondary N) is 1. The molecular weight excluding hydrogens is 474 g/mol. The normalized spacial score (nSPS) is 13.0. The zero-order valence-corrected chi connectivity index (χ0v) is 17.4. The molecule has 1 unspecified atom stereocenters. The number of benzene rings is 1. The minimum Gasteiger partial charge on any atom is -0.406 e. The van der Waals surface area contributed by atoms with Crippen LogP contribution < -0.4 is 10.1 Å². The Hall–Kier alpha value is -2.60. The van der Waals surface area contributed by atoms with Gasteiger partial charge in [-0.25, -0.2) is 8.78 Å². The van der Waals surface area contributed by atoms with Crippen molar-refractivity contribution >= 4 is 35.3 Å². The molecule has 0 aliphatic rings. The van der Waals surface area contributed by atoms with Crippen molar-refractivity contribution in [2.75, 3.05) is 0 Å². The molecule has 170 valence electrons. The number of carbonyl (C=O) groups excluding carboxylic acids is 1. The summed E-state index contributed by atoms with van der Waals surface area (Å²) >= 11 is 11.8. The number of aryl methyl sites for hydroxylation is 1. The topological polar surface area (TPSA) is 77.7 Å². The summed E-state index contributed by atoms with van der Waals surface area (Å²) in [6, 6.07) is 1.12. The summed E-state index contributed by atoms with van der Waals surface area (Å²) < 4.78 is 67.5. The molecule has 0 fully saturated rings. The van der Waals surface area contributed by atoms with Crippen molar-refractivity contribution in [3.05, 3.63) is 45.2 Å². The van der Waals surface area contributed by atoms with Crippen molar-refractivity contribution in [2.24, 2.45) is 12.2 Å².